The molecule has 0 saturated carbocycles. The van der Waals surface area contributed by atoms with Gasteiger partial charge in [-0.3, -0.25) is 14.2 Å². The fourth-order valence-corrected chi connectivity index (χ4v) is 5.16. The van der Waals surface area contributed by atoms with Crippen LogP contribution in [-0.2, 0) is 11.3 Å². The third-order valence-corrected chi connectivity index (χ3v) is 7.54. The average molecular weight is 534 g/mol. The Morgan fingerprint density at radius 1 is 1.08 bits per heavy atom. The molecular weight excluding hydrogens is 506 g/mol. The number of anilines is 1. The molecule has 1 atom stereocenters. The standard InChI is InChI=1S/C28H27N3O6S/c1-4-25(26(32)29-20-7-5-6-8-22(20)35-3)38-28-30-21-14-24-23(36-16-37-24)13-19(21)27(33)31(28)15-17-9-11-18(34-2)12-10-17/h5-14,25H,4,15-16H2,1-3H3,(H,29,32). The van der Waals surface area contributed by atoms with Crippen LogP contribution in [0.4, 0.5) is 5.69 Å². The lowest BCUT2D eigenvalue weighted by atomic mass is 10.2. The summed E-state index contributed by atoms with van der Waals surface area (Å²) in [6, 6.07) is 18.1. The molecule has 0 spiro atoms. The molecule has 0 saturated heterocycles. The summed E-state index contributed by atoms with van der Waals surface area (Å²) in [5.74, 6) is 2.12. The largest absolute Gasteiger partial charge is 0.497 e. The van der Waals surface area contributed by atoms with Crippen LogP contribution in [0.25, 0.3) is 10.9 Å². The van der Waals surface area contributed by atoms with Gasteiger partial charge in [0.25, 0.3) is 5.56 Å². The van der Waals surface area contributed by atoms with Gasteiger partial charge < -0.3 is 24.3 Å². The molecule has 3 aromatic carbocycles. The Bertz CT molecular complexity index is 1540. The van der Waals surface area contributed by atoms with Crippen LogP contribution in [0.1, 0.15) is 18.9 Å². The number of amides is 1. The van der Waals surface area contributed by atoms with E-state index in [0.717, 1.165) is 11.3 Å². The molecule has 9 nitrogen and oxygen atoms in total. The van der Waals surface area contributed by atoms with E-state index >= 15 is 0 Å². The predicted molar refractivity (Wildman–Crippen MR) is 146 cm³/mol. The van der Waals surface area contributed by atoms with Gasteiger partial charge in [-0.05, 0) is 42.3 Å². The average Bonchev–Trinajstić information content (AvgIpc) is 3.40. The Hall–Kier alpha value is -4.18. The molecule has 196 valence electrons. The molecule has 1 N–H and O–H groups in total. The van der Waals surface area contributed by atoms with Crippen molar-refractivity contribution in [1.29, 1.82) is 0 Å². The quantitative estimate of drug-likeness (QED) is 0.244. The number of ether oxygens (including phenoxy) is 4. The molecule has 0 radical (unpaired) electrons. The number of fused-ring (bicyclic) bond motifs is 2. The maximum atomic E-state index is 13.8. The van der Waals surface area contributed by atoms with Crippen LogP contribution in [0.5, 0.6) is 23.0 Å². The molecule has 1 unspecified atom stereocenters. The van der Waals surface area contributed by atoms with E-state index in [1.54, 1.807) is 43.1 Å². The van der Waals surface area contributed by atoms with E-state index in [1.165, 1.54) is 11.8 Å². The summed E-state index contributed by atoms with van der Waals surface area (Å²) < 4.78 is 23.2. The first-order valence-corrected chi connectivity index (χ1v) is 13.0. The molecule has 5 rings (SSSR count). The highest BCUT2D eigenvalue weighted by Crippen LogP contribution is 2.36. The number of nitrogens with zero attached hydrogens (tertiary/aromatic N) is 2. The lowest BCUT2D eigenvalue weighted by molar-refractivity contribution is -0.115. The number of thioether (sulfide) groups is 1. The molecule has 1 amide bonds. The number of aromatic nitrogens is 2. The zero-order valence-electron chi connectivity index (χ0n) is 21.2. The minimum Gasteiger partial charge on any atom is -0.497 e. The van der Waals surface area contributed by atoms with Gasteiger partial charge in [0, 0.05) is 6.07 Å². The number of hydrogen-bond donors (Lipinski definition) is 1. The Labute approximate surface area is 223 Å². The van der Waals surface area contributed by atoms with Crippen LogP contribution < -0.4 is 29.8 Å². The smallest absolute Gasteiger partial charge is 0.262 e. The van der Waals surface area contributed by atoms with Crippen molar-refractivity contribution >= 4 is 34.3 Å². The predicted octanol–water partition coefficient (Wildman–Crippen LogP) is 4.70. The lowest BCUT2D eigenvalue weighted by Gasteiger charge is -2.19. The molecule has 0 fully saturated rings. The van der Waals surface area contributed by atoms with Gasteiger partial charge in [0.05, 0.1) is 42.6 Å². The third kappa shape index (κ3) is 5.12. The van der Waals surface area contributed by atoms with Crippen molar-refractivity contribution in [2.45, 2.75) is 30.3 Å². The Morgan fingerprint density at radius 3 is 2.53 bits per heavy atom. The number of methoxy groups -OCH3 is 2. The number of benzene rings is 3. The molecule has 0 aliphatic carbocycles. The minimum absolute atomic E-state index is 0.0916. The lowest BCUT2D eigenvalue weighted by Crippen LogP contribution is -2.28. The van der Waals surface area contributed by atoms with Crippen molar-refractivity contribution in [3.63, 3.8) is 0 Å². The molecule has 0 bridgehead atoms. The number of carbonyl (C=O) groups excluding carboxylic acids is 1. The minimum atomic E-state index is -0.514. The summed E-state index contributed by atoms with van der Waals surface area (Å²) >= 11 is 1.25. The molecule has 1 aliphatic heterocycles. The highest BCUT2D eigenvalue weighted by molar-refractivity contribution is 8.00. The van der Waals surface area contributed by atoms with Crippen LogP contribution in [-0.4, -0.2) is 41.7 Å². The van der Waals surface area contributed by atoms with E-state index in [-0.39, 0.29) is 24.8 Å². The first kappa shape index (κ1) is 25.5. The topological polar surface area (TPSA) is 101 Å². The fraction of sp³-hybridized carbons (Fsp3) is 0.250. The molecular formula is C28H27N3O6S. The molecule has 10 heteroatoms. The van der Waals surface area contributed by atoms with E-state index in [0.29, 0.717) is 45.4 Å². The van der Waals surface area contributed by atoms with Gasteiger partial charge in [-0.2, -0.15) is 0 Å². The first-order chi connectivity index (χ1) is 18.5. The van der Waals surface area contributed by atoms with E-state index in [4.69, 9.17) is 23.9 Å². The SMILES string of the molecule is CCC(Sc1nc2cc3c(cc2c(=O)n1Cc1ccc(OC)cc1)OCO3)C(=O)Nc1ccccc1OC. The summed E-state index contributed by atoms with van der Waals surface area (Å²) in [7, 11) is 3.16. The summed E-state index contributed by atoms with van der Waals surface area (Å²) in [4.78, 5) is 31.9. The fourth-order valence-electron chi connectivity index (χ4n) is 4.14. The third-order valence-electron chi connectivity index (χ3n) is 6.19. The molecule has 2 heterocycles. The zero-order valence-corrected chi connectivity index (χ0v) is 22.0. The number of hydrogen-bond acceptors (Lipinski definition) is 8. The van der Waals surface area contributed by atoms with Crippen LogP contribution in [0.2, 0.25) is 0 Å². The van der Waals surface area contributed by atoms with Gasteiger partial charge in [0.1, 0.15) is 11.5 Å². The van der Waals surface area contributed by atoms with Crippen LogP contribution in [0.3, 0.4) is 0 Å². The van der Waals surface area contributed by atoms with Crippen molar-refractivity contribution in [2.24, 2.45) is 0 Å². The van der Waals surface area contributed by atoms with Gasteiger partial charge in [0.15, 0.2) is 16.7 Å². The summed E-state index contributed by atoms with van der Waals surface area (Å²) in [5, 5.41) is 3.28. The van der Waals surface area contributed by atoms with E-state index in [9.17, 15) is 9.59 Å². The van der Waals surface area contributed by atoms with Gasteiger partial charge in [0.2, 0.25) is 12.7 Å². The van der Waals surface area contributed by atoms with Crippen molar-refractivity contribution < 1.29 is 23.7 Å². The second-order valence-electron chi connectivity index (χ2n) is 8.56. The van der Waals surface area contributed by atoms with Gasteiger partial charge in [-0.15, -0.1) is 0 Å². The Kier molecular flexibility index (Phi) is 7.41. The molecule has 4 aromatic rings. The number of para-hydroxylation sites is 2. The van der Waals surface area contributed by atoms with Gasteiger partial charge in [-0.25, -0.2) is 4.98 Å². The highest BCUT2D eigenvalue weighted by atomic mass is 32.2. The van der Waals surface area contributed by atoms with Gasteiger partial charge in [-0.1, -0.05) is 43.0 Å². The van der Waals surface area contributed by atoms with Crippen LogP contribution in [0, 0.1) is 0 Å². The summed E-state index contributed by atoms with van der Waals surface area (Å²) in [6.07, 6.45) is 0.517. The van der Waals surface area contributed by atoms with Crippen molar-refractivity contribution in [3.05, 3.63) is 76.6 Å². The number of rotatable bonds is 9. The zero-order chi connectivity index (χ0) is 26.6. The number of carbonyl (C=O) groups is 1. The Balaban J connectivity index is 1.53. The van der Waals surface area contributed by atoms with Crippen molar-refractivity contribution in [1.82, 2.24) is 9.55 Å². The van der Waals surface area contributed by atoms with Crippen molar-refractivity contribution in [2.75, 3.05) is 26.3 Å². The molecule has 1 aromatic heterocycles. The maximum Gasteiger partial charge on any atom is 0.262 e. The number of nitrogens with one attached hydrogen (secondary N) is 1. The monoisotopic (exact) mass is 533 g/mol. The summed E-state index contributed by atoms with van der Waals surface area (Å²) in [6.45, 7) is 2.28. The van der Waals surface area contributed by atoms with E-state index < -0.39 is 5.25 Å². The molecule has 1 aliphatic rings. The van der Waals surface area contributed by atoms with E-state index in [2.05, 4.69) is 5.32 Å². The maximum absolute atomic E-state index is 13.8. The first-order valence-electron chi connectivity index (χ1n) is 12.1. The second-order valence-corrected chi connectivity index (χ2v) is 9.73. The normalized spacial score (nSPS) is 12.8. The van der Waals surface area contributed by atoms with Crippen molar-refractivity contribution in [3.8, 4) is 23.0 Å². The Morgan fingerprint density at radius 2 is 1.82 bits per heavy atom. The van der Waals surface area contributed by atoms with E-state index in [1.807, 2.05) is 43.3 Å². The summed E-state index contributed by atoms with van der Waals surface area (Å²) in [5.41, 5.74) is 1.72. The highest BCUT2D eigenvalue weighted by Gasteiger charge is 2.24. The van der Waals surface area contributed by atoms with Gasteiger partial charge >= 0.3 is 0 Å². The van der Waals surface area contributed by atoms with Crippen LogP contribution in [0.15, 0.2) is 70.6 Å². The van der Waals surface area contributed by atoms with Crippen LogP contribution >= 0.6 is 11.8 Å². The molecule has 38 heavy (non-hydrogen) atoms. The second kappa shape index (κ2) is 11.1.